The summed E-state index contributed by atoms with van der Waals surface area (Å²) in [5.41, 5.74) is -0.527. The molecule has 0 aromatic carbocycles. The van der Waals surface area contributed by atoms with E-state index in [4.69, 9.17) is 33.5 Å². The van der Waals surface area contributed by atoms with Gasteiger partial charge in [0.1, 0.15) is 0 Å². The van der Waals surface area contributed by atoms with Gasteiger partial charge in [-0.05, 0) is 44.9 Å². The molecule has 162 valence electrons. The highest BCUT2D eigenvalue weighted by Gasteiger charge is 2.69. The van der Waals surface area contributed by atoms with Crippen LogP contribution in [0.15, 0.2) is 0 Å². The van der Waals surface area contributed by atoms with Gasteiger partial charge in [0.25, 0.3) is 0 Å². The maximum Gasteiger partial charge on any atom is 0.201 e. The summed E-state index contributed by atoms with van der Waals surface area (Å²) >= 11 is 0. The Labute approximate surface area is 168 Å². The van der Waals surface area contributed by atoms with Crippen LogP contribution in [-0.4, -0.2) is 57.0 Å². The van der Waals surface area contributed by atoms with E-state index in [-0.39, 0.29) is 12.2 Å². The summed E-state index contributed by atoms with van der Waals surface area (Å²) in [4.78, 5) is 12.0. The summed E-state index contributed by atoms with van der Waals surface area (Å²) in [6, 6.07) is 0. The topological polar surface area (TPSA) is 64.6 Å². The number of rotatable bonds is 8. The van der Waals surface area contributed by atoms with Crippen molar-refractivity contribution < 1.29 is 33.5 Å². The molecule has 0 radical (unpaired) electrons. The van der Waals surface area contributed by atoms with Crippen LogP contribution in [0.4, 0.5) is 0 Å². The van der Waals surface area contributed by atoms with E-state index in [1.54, 1.807) is 0 Å². The number of ether oxygens (including phenoxy) is 5. The minimum Gasteiger partial charge on any atom is -0.379 e. The summed E-state index contributed by atoms with van der Waals surface area (Å²) in [5.74, 6) is 0.693. The zero-order valence-corrected chi connectivity index (χ0v) is 17.7. The lowest BCUT2D eigenvalue weighted by Gasteiger charge is -2.60. The van der Waals surface area contributed by atoms with Crippen molar-refractivity contribution in [1.82, 2.24) is 0 Å². The van der Waals surface area contributed by atoms with Crippen molar-refractivity contribution in [2.45, 2.75) is 77.3 Å². The van der Waals surface area contributed by atoms with E-state index >= 15 is 0 Å². The fraction of sp³-hybridized carbons (Fsp3) is 1.00. The van der Waals surface area contributed by atoms with Crippen molar-refractivity contribution in [2.24, 2.45) is 23.7 Å². The quantitative estimate of drug-likeness (QED) is 0.458. The van der Waals surface area contributed by atoms with Crippen LogP contribution in [-0.2, 0) is 33.5 Å². The Balaban J connectivity index is 1.41. The van der Waals surface area contributed by atoms with E-state index in [1.165, 1.54) is 6.42 Å². The van der Waals surface area contributed by atoms with Gasteiger partial charge in [-0.2, -0.15) is 0 Å². The molecule has 0 aromatic heterocycles. The summed E-state index contributed by atoms with van der Waals surface area (Å²) < 4.78 is 29.6. The van der Waals surface area contributed by atoms with Crippen LogP contribution < -0.4 is 0 Å². The Morgan fingerprint density at radius 1 is 0.929 bits per heavy atom. The second kappa shape index (κ2) is 8.46. The van der Waals surface area contributed by atoms with Gasteiger partial charge in [-0.15, -0.1) is 0 Å². The van der Waals surface area contributed by atoms with E-state index in [2.05, 4.69) is 13.8 Å². The van der Waals surface area contributed by atoms with Crippen molar-refractivity contribution >= 4 is 0 Å². The van der Waals surface area contributed by atoms with Gasteiger partial charge in [0.2, 0.25) is 5.79 Å². The SMILES string of the molecule is CCOCCOCCO[C@H]1O[C@@H]2O[C@]3(C)CC[C@H]4[C@H](C)CC[C@@H]([C@H]1C)[C@@]24OO3. The lowest BCUT2D eigenvalue weighted by molar-refractivity contribution is -0.577. The van der Waals surface area contributed by atoms with E-state index < -0.39 is 17.7 Å². The van der Waals surface area contributed by atoms with E-state index in [0.29, 0.717) is 50.8 Å². The van der Waals surface area contributed by atoms with Crippen LogP contribution >= 0.6 is 0 Å². The molecule has 7 nitrogen and oxygen atoms in total. The molecule has 7 heteroatoms. The molecule has 5 rings (SSSR count). The molecule has 4 heterocycles. The van der Waals surface area contributed by atoms with Gasteiger partial charge in [0.15, 0.2) is 18.2 Å². The largest absolute Gasteiger partial charge is 0.379 e. The van der Waals surface area contributed by atoms with Crippen LogP contribution in [0.25, 0.3) is 0 Å². The molecule has 1 spiro atoms. The maximum absolute atomic E-state index is 6.37. The molecule has 1 aliphatic carbocycles. The molecule has 0 N–H and O–H groups in total. The van der Waals surface area contributed by atoms with E-state index in [9.17, 15) is 0 Å². The van der Waals surface area contributed by atoms with Gasteiger partial charge >= 0.3 is 0 Å². The van der Waals surface area contributed by atoms with Crippen LogP contribution in [0.5, 0.6) is 0 Å². The molecule has 0 amide bonds. The minimum atomic E-state index is -0.745. The third kappa shape index (κ3) is 3.64. The van der Waals surface area contributed by atoms with Gasteiger partial charge in [0, 0.05) is 24.9 Å². The first-order valence-electron chi connectivity index (χ1n) is 11.0. The normalized spacial score (nSPS) is 47.6. The Bertz CT molecular complexity index is 531. The van der Waals surface area contributed by atoms with Gasteiger partial charge in [-0.25, -0.2) is 9.78 Å². The Kier molecular flexibility index (Phi) is 6.33. The molecule has 0 aromatic rings. The first-order valence-corrected chi connectivity index (χ1v) is 11.0. The van der Waals surface area contributed by atoms with Crippen molar-refractivity contribution in [3.8, 4) is 0 Å². The Morgan fingerprint density at radius 3 is 2.54 bits per heavy atom. The zero-order chi connectivity index (χ0) is 19.8. The molecule has 4 aliphatic heterocycles. The zero-order valence-electron chi connectivity index (χ0n) is 17.7. The van der Waals surface area contributed by atoms with Crippen molar-refractivity contribution in [3.63, 3.8) is 0 Å². The van der Waals surface area contributed by atoms with Gasteiger partial charge < -0.3 is 23.7 Å². The molecular weight excluding hydrogens is 364 g/mol. The first-order chi connectivity index (χ1) is 13.5. The predicted molar refractivity (Wildman–Crippen MR) is 100 cm³/mol. The van der Waals surface area contributed by atoms with E-state index in [1.807, 2.05) is 13.8 Å². The number of hydrogen-bond donors (Lipinski definition) is 0. The predicted octanol–water partition coefficient (Wildman–Crippen LogP) is 3.26. The lowest BCUT2D eigenvalue weighted by Crippen LogP contribution is -2.70. The first kappa shape index (κ1) is 21.0. The number of hydrogen-bond acceptors (Lipinski definition) is 7. The van der Waals surface area contributed by atoms with Crippen LogP contribution in [0.3, 0.4) is 0 Å². The van der Waals surface area contributed by atoms with Gasteiger partial charge in [0.05, 0.1) is 26.4 Å². The average molecular weight is 401 g/mol. The summed E-state index contributed by atoms with van der Waals surface area (Å²) in [6.07, 6.45) is 3.36. The molecule has 5 aliphatic rings. The number of fused-ring (bicyclic) bond motifs is 2. The highest BCUT2D eigenvalue weighted by Crippen LogP contribution is 2.60. The van der Waals surface area contributed by atoms with Crippen LogP contribution in [0.2, 0.25) is 0 Å². The molecule has 8 atom stereocenters. The fourth-order valence-electron chi connectivity index (χ4n) is 5.65. The van der Waals surface area contributed by atoms with Gasteiger partial charge in [-0.3, -0.25) is 0 Å². The van der Waals surface area contributed by atoms with Crippen molar-refractivity contribution in [3.05, 3.63) is 0 Å². The maximum atomic E-state index is 6.37. The van der Waals surface area contributed by atoms with E-state index in [0.717, 1.165) is 19.3 Å². The molecular formula is C21H36O7. The Morgan fingerprint density at radius 2 is 1.71 bits per heavy atom. The molecule has 28 heavy (non-hydrogen) atoms. The summed E-state index contributed by atoms with van der Waals surface area (Å²) in [7, 11) is 0. The molecule has 0 unspecified atom stereocenters. The average Bonchev–Trinajstić information content (AvgIpc) is 2.91. The monoisotopic (exact) mass is 400 g/mol. The second-order valence-corrected chi connectivity index (χ2v) is 8.95. The molecule has 2 bridgehead atoms. The highest BCUT2D eigenvalue weighted by atomic mass is 17.3. The third-order valence-electron chi connectivity index (χ3n) is 7.18. The fourth-order valence-corrected chi connectivity index (χ4v) is 5.65. The standard InChI is InChI=1S/C21H36O7/c1-5-22-10-11-23-12-13-24-18-15(3)17-7-6-14(2)16-8-9-20(4)26-19(25-18)21(16,17)28-27-20/h14-19H,5-13H2,1-4H3/t14-,15-,16+,17+,18+,19-,20+,21-/m1/s1. The van der Waals surface area contributed by atoms with Crippen LogP contribution in [0, 0.1) is 23.7 Å². The molecule has 1 saturated carbocycles. The van der Waals surface area contributed by atoms with Crippen LogP contribution in [0.1, 0.15) is 53.4 Å². The summed E-state index contributed by atoms with van der Waals surface area (Å²) in [6.45, 7) is 11.4. The molecule has 5 fully saturated rings. The smallest absolute Gasteiger partial charge is 0.201 e. The lowest BCUT2D eigenvalue weighted by atomic mass is 9.58. The van der Waals surface area contributed by atoms with Gasteiger partial charge in [-0.1, -0.05) is 13.8 Å². The highest BCUT2D eigenvalue weighted by molar-refractivity contribution is 5.09. The molecule has 4 saturated heterocycles. The van der Waals surface area contributed by atoms with Crippen molar-refractivity contribution in [2.75, 3.05) is 33.0 Å². The van der Waals surface area contributed by atoms with Crippen molar-refractivity contribution in [1.29, 1.82) is 0 Å². The Hall–Kier alpha value is -0.280. The third-order valence-corrected chi connectivity index (χ3v) is 7.18. The summed E-state index contributed by atoms with van der Waals surface area (Å²) in [5, 5.41) is 0. The second-order valence-electron chi connectivity index (χ2n) is 8.95. The minimum absolute atomic E-state index is 0.198.